The van der Waals surface area contributed by atoms with Crippen LogP contribution in [0.2, 0.25) is 5.02 Å². The number of anilines is 1. The predicted molar refractivity (Wildman–Crippen MR) is 74.0 cm³/mol. The second-order valence-electron chi connectivity index (χ2n) is 4.34. The maximum Gasteiger partial charge on any atom is 0.271 e. The largest absolute Gasteiger partial charge is 0.370 e. The zero-order chi connectivity index (χ0) is 13.9. The molecule has 0 aliphatic carbocycles. The summed E-state index contributed by atoms with van der Waals surface area (Å²) in [7, 11) is 1.86. The second-order valence-corrected chi connectivity index (χ2v) is 4.74. The fraction of sp³-hybridized carbons (Fsp3) is 0.417. The van der Waals surface area contributed by atoms with E-state index in [0.717, 1.165) is 5.69 Å². The lowest BCUT2D eigenvalue weighted by atomic mass is 10.1. The molecule has 1 N–H and O–H groups in total. The number of nitrogens with one attached hydrogen (secondary N) is 1. The molecule has 0 saturated carbocycles. The van der Waals surface area contributed by atoms with Crippen LogP contribution in [0.5, 0.6) is 0 Å². The number of halogens is 1. The molecule has 0 aromatic heterocycles. The Labute approximate surface area is 111 Å². The van der Waals surface area contributed by atoms with Crippen molar-refractivity contribution < 1.29 is 4.92 Å². The second kappa shape index (κ2) is 5.82. The fourth-order valence-corrected chi connectivity index (χ4v) is 2.02. The predicted octanol–water partition coefficient (Wildman–Crippen LogP) is 3.50. The molecule has 1 aromatic carbocycles. The number of nitro benzene ring substituents is 1. The molecular weight excluding hydrogens is 254 g/mol. The van der Waals surface area contributed by atoms with Crippen LogP contribution in [0.25, 0.3) is 0 Å². The molecule has 0 radical (unpaired) electrons. The van der Waals surface area contributed by atoms with Crippen molar-refractivity contribution in [2.24, 2.45) is 0 Å². The lowest BCUT2D eigenvalue weighted by molar-refractivity contribution is -0.384. The summed E-state index contributed by atoms with van der Waals surface area (Å²) in [4.78, 5) is 12.1. The molecule has 1 rings (SSSR count). The molecule has 0 amide bonds. The number of rotatable bonds is 5. The molecule has 0 bridgehead atoms. The number of hydrogen-bond donors (Lipinski definition) is 1. The molecule has 0 heterocycles. The van der Waals surface area contributed by atoms with Crippen molar-refractivity contribution in [1.29, 1.82) is 5.41 Å². The van der Waals surface area contributed by atoms with E-state index in [-0.39, 0.29) is 11.7 Å². The highest BCUT2D eigenvalue weighted by Gasteiger charge is 2.16. The first-order valence-electron chi connectivity index (χ1n) is 5.53. The molecule has 18 heavy (non-hydrogen) atoms. The van der Waals surface area contributed by atoms with Crippen LogP contribution in [0.3, 0.4) is 0 Å². The van der Waals surface area contributed by atoms with Gasteiger partial charge in [0.1, 0.15) is 0 Å². The van der Waals surface area contributed by atoms with E-state index in [1.165, 1.54) is 12.1 Å². The van der Waals surface area contributed by atoms with Gasteiger partial charge in [0, 0.05) is 37.4 Å². The van der Waals surface area contributed by atoms with Gasteiger partial charge in [-0.15, -0.1) is 0 Å². The van der Waals surface area contributed by atoms with Crippen LogP contribution in [-0.4, -0.2) is 23.7 Å². The average molecular weight is 270 g/mol. The SMILES string of the molecule is CC(=N)CC(C)N(C)c1ccc([N+](=O)[O-])cc1Cl. The Morgan fingerprint density at radius 1 is 1.61 bits per heavy atom. The number of nitro groups is 1. The third-order valence-electron chi connectivity index (χ3n) is 2.78. The molecule has 0 spiro atoms. The first-order chi connectivity index (χ1) is 8.32. The Morgan fingerprint density at radius 3 is 2.67 bits per heavy atom. The number of hydrogen-bond acceptors (Lipinski definition) is 4. The lowest BCUT2D eigenvalue weighted by Gasteiger charge is -2.27. The fourth-order valence-electron chi connectivity index (χ4n) is 1.71. The van der Waals surface area contributed by atoms with Gasteiger partial charge in [-0.05, 0) is 19.9 Å². The van der Waals surface area contributed by atoms with Gasteiger partial charge in [-0.3, -0.25) is 10.1 Å². The summed E-state index contributed by atoms with van der Waals surface area (Å²) in [6.45, 7) is 3.73. The van der Waals surface area contributed by atoms with Crippen LogP contribution < -0.4 is 4.90 Å². The van der Waals surface area contributed by atoms with E-state index in [2.05, 4.69) is 0 Å². The number of non-ortho nitro benzene ring substituents is 1. The summed E-state index contributed by atoms with van der Waals surface area (Å²) in [6.07, 6.45) is 0.629. The van der Waals surface area contributed by atoms with Crippen molar-refractivity contribution in [1.82, 2.24) is 0 Å². The standard InChI is InChI=1S/C12H16ClN3O2/c1-8(14)6-9(2)15(3)12-5-4-10(16(17)18)7-11(12)13/h4-5,7,9,14H,6H2,1-3H3. The minimum absolute atomic E-state index is 0.0203. The Hall–Kier alpha value is -1.62. The van der Waals surface area contributed by atoms with Crippen molar-refractivity contribution in [2.75, 3.05) is 11.9 Å². The van der Waals surface area contributed by atoms with E-state index < -0.39 is 4.92 Å². The molecular formula is C12H16ClN3O2. The van der Waals surface area contributed by atoms with Gasteiger partial charge in [0.2, 0.25) is 0 Å². The molecule has 1 aromatic rings. The van der Waals surface area contributed by atoms with E-state index >= 15 is 0 Å². The molecule has 1 atom stereocenters. The first-order valence-corrected chi connectivity index (χ1v) is 5.91. The van der Waals surface area contributed by atoms with Crippen LogP contribution in [0.15, 0.2) is 18.2 Å². The summed E-state index contributed by atoms with van der Waals surface area (Å²) in [5.41, 5.74) is 1.30. The van der Waals surface area contributed by atoms with E-state index in [1.807, 2.05) is 18.9 Å². The summed E-state index contributed by atoms with van der Waals surface area (Å²) < 4.78 is 0. The van der Waals surface area contributed by atoms with Crippen LogP contribution in [-0.2, 0) is 0 Å². The van der Waals surface area contributed by atoms with Gasteiger partial charge in [0.05, 0.1) is 15.6 Å². The van der Waals surface area contributed by atoms with Gasteiger partial charge in [-0.2, -0.15) is 0 Å². The molecule has 0 aliphatic rings. The molecule has 5 nitrogen and oxygen atoms in total. The van der Waals surface area contributed by atoms with Gasteiger partial charge >= 0.3 is 0 Å². The van der Waals surface area contributed by atoms with Crippen molar-refractivity contribution in [3.8, 4) is 0 Å². The monoisotopic (exact) mass is 269 g/mol. The average Bonchev–Trinajstić information content (AvgIpc) is 2.26. The van der Waals surface area contributed by atoms with E-state index in [0.29, 0.717) is 17.2 Å². The third kappa shape index (κ3) is 3.43. The van der Waals surface area contributed by atoms with Gasteiger partial charge in [-0.25, -0.2) is 0 Å². The van der Waals surface area contributed by atoms with Crippen LogP contribution in [0, 0.1) is 15.5 Å². The summed E-state index contributed by atoms with van der Waals surface area (Å²) >= 11 is 6.05. The van der Waals surface area contributed by atoms with Crippen molar-refractivity contribution in [2.45, 2.75) is 26.3 Å². The number of benzene rings is 1. The molecule has 0 aliphatic heterocycles. The van der Waals surface area contributed by atoms with Gasteiger partial charge in [0.25, 0.3) is 5.69 Å². The zero-order valence-corrected chi connectivity index (χ0v) is 11.4. The quantitative estimate of drug-likeness (QED) is 0.505. The van der Waals surface area contributed by atoms with Crippen molar-refractivity contribution >= 4 is 28.7 Å². The molecule has 6 heteroatoms. The Kier molecular flexibility index (Phi) is 4.67. The third-order valence-corrected chi connectivity index (χ3v) is 3.09. The summed E-state index contributed by atoms with van der Waals surface area (Å²) in [5.74, 6) is 0. The minimum atomic E-state index is -0.471. The molecule has 0 fully saturated rings. The Bertz CT molecular complexity index is 476. The molecule has 98 valence electrons. The Balaban J connectivity index is 2.96. The lowest BCUT2D eigenvalue weighted by Crippen LogP contribution is -2.30. The maximum absolute atomic E-state index is 10.6. The topological polar surface area (TPSA) is 70.2 Å². The van der Waals surface area contributed by atoms with Crippen molar-refractivity contribution in [3.05, 3.63) is 33.3 Å². The summed E-state index contributed by atoms with van der Waals surface area (Å²) in [5, 5.41) is 18.4. The highest BCUT2D eigenvalue weighted by molar-refractivity contribution is 6.33. The van der Waals surface area contributed by atoms with Gasteiger partial charge < -0.3 is 10.3 Å². The van der Waals surface area contributed by atoms with Gasteiger partial charge in [-0.1, -0.05) is 11.6 Å². The highest BCUT2D eigenvalue weighted by Crippen LogP contribution is 2.30. The molecule has 0 saturated heterocycles. The highest BCUT2D eigenvalue weighted by atomic mass is 35.5. The number of nitrogens with zero attached hydrogens (tertiary/aromatic N) is 2. The first kappa shape index (κ1) is 14.4. The molecule has 1 unspecified atom stereocenters. The maximum atomic E-state index is 10.6. The van der Waals surface area contributed by atoms with Crippen LogP contribution in [0.4, 0.5) is 11.4 Å². The minimum Gasteiger partial charge on any atom is -0.370 e. The Morgan fingerprint density at radius 2 is 2.22 bits per heavy atom. The zero-order valence-electron chi connectivity index (χ0n) is 10.6. The van der Waals surface area contributed by atoms with E-state index in [1.54, 1.807) is 13.0 Å². The van der Waals surface area contributed by atoms with Crippen LogP contribution >= 0.6 is 11.6 Å². The van der Waals surface area contributed by atoms with Gasteiger partial charge in [0.15, 0.2) is 0 Å². The van der Waals surface area contributed by atoms with E-state index in [4.69, 9.17) is 17.0 Å². The van der Waals surface area contributed by atoms with Crippen molar-refractivity contribution in [3.63, 3.8) is 0 Å². The smallest absolute Gasteiger partial charge is 0.271 e. The van der Waals surface area contributed by atoms with E-state index in [9.17, 15) is 10.1 Å². The van der Waals surface area contributed by atoms with Crippen LogP contribution in [0.1, 0.15) is 20.3 Å². The summed E-state index contributed by atoms with van der Waals surface area (Å²) in [6, 6.07) is 4.52. The normalized spacial score (nSPS) is 12.0.